The van der Waals surface area contributed by atoms with Gasteiger partial charge in [-0.25, -0.2) is 4.98 Å². The van der Waals surface area contributed by atoms with Crippen molar-refractivity contribution in [2.45, 2.75) is 6.54 Å². The van der Waals surface area contributed by atoms with Crippen molar-refractivity contribution in [1.82, 2.24) is 10.3 Å². The van der Waals surface area contributed by atoms with Gasteiger partial charge in [0, 0.05) is 29.9 Å². The summed E-state index contributed by atoms with van der Waals surface area (Å²) in [6, 6.07) is 7.27. The number of hydrogen-bond donors (Lipinski definition) is 1. The van der Waals surface area contributed by atoms with Gasteiger partial charge in [-0.3, -0.25) is 14.9 Å². The van der Waals surface area contributed by atoms with Gasteiger partial charge in [-0.2, -0.15) is 0 Å². The first kappa shape index (κ1) is 15.7. The van der Waals surface area contributed by atoms with Crippen LogP contribution >= 0.6 is 11.6 Å². The maximum Gasteiger partial charge on any atom is 0.283 e. The number of hydrogen-bond acceptors (Lipinski definition) is 5. The predicted octanol–water partition coefficient (Wildman–Crippen LogP) is 2.58. The maximum atomic E-state index is 12.1. The van der Waals surface area contributed by atoms with Gasteiger partial charge in [-0.05, 0) is 23.8 Å². The molecule has 1 aromatic heterocycles. The highest BCUT2D eigenvalue weighted by Crippen LogP contribution is 2.23. The van der Waals surface area contributed by atoms with Crippen molar-refractivity contribution in [1.29, 1.82) is 0 Å². The summed E-state index contributed by atoms with van der Waals surface area (Å²) in [6.45, 7) is 0.192. The van der Waals surface area contributed by atoms with Crippen LogP contribution in [0.2, 0.25) is 5.02 Å². The number of carbonyl (C=O) groups excluding carboxylic acids is 1. The summed E-state index contributed by atoms with van der Waals surface area (Å²) in [4.78, 5) is 26.4. The summed E-state index contributed by atoms with van der Waals surface area (Å²) < 4.78 is 4.98. The minimum atomic E-state index is -0.643. The molecule has 0 radical (unpaired) electrons. The number of ether oxygens (including phenoxy) is 1. The van der Waals surface area contributed by atoms with E-state index in [4.69, 9.17) is 16.3 Å². The van der Waals surface area contributed by atoms with Crippen LogP contribution in [0.1, 0.15) is 15.9 Å². The number of benzene rings is 1. The number of amides is 1. The van der Waals surface area contributed by atoms with Crippen LogP contribution in [-0.2, 0) is 6.54 Å². The molecule has 2 aromatic rings. The van der Waals surface area contributed by atoms with Crippen molar-refractivity contribution in [3.8, 4) is 5.88 Å². The lowest BCUT2D eigenvalue weighted by molar-refractivity contribution is -0.385. The number of nitro benzene ring substituents is 1. The van der Waals surface area contributed by atoms with E-state index in [2.05, 4.69) is 10.3 Å². The Morgan fingerprint density at radius 2 is 2.18 bits per heavy atom. The molecule has 1 aromatic carbocycles. The second-order valence-corrected chi connectivity index (χ2v) is 4.74. The third-order valence-electron chi connectivity index (χ3n) is 2.86. The first-order chi connectivity index (χ1) is 10.5. The van der Waals surface area contributed by atoms with Crippen LogP contribution in [-0.4, -0.2) is 22.9 Å². The van der Waals surface area contributed by atoms with Crippen LogP contribution < -0.4 is 10.1 Å². The topological polar surface area (TPSA) is 94.4 Å². The average Bonchev–Trinajstić information content (AvgIpc) is 2.52. The molecule has 0 aliphatic heterocycles. The van der Waals surface area contributed by atoms with E-state index >= 15 is 0 Å². The molecule has 0 atom stereocenters. The minimum absolute atomic E-state index is 0.0459. The molecule has 1 heterocycles. The van der Waals surface area contributed by atoms with Crippen LogP contribution in [0.4, 0.5) is 5.69 Å². The summed E-state index contributed by atoms with van der Waals surface area (Å²) in [5, 5.41) is 13.8. The van der Waals surface area contributed by atoms with Gasteiger partial charge in [0.25, 0.3) is 11.6 Å². The van der Waals surface area contributed by atoms with E-state index < -0.39 is 10.8 Å². The lowest BCUT2D eigenvalue weighted by Crippen LogP contribution is -2.23. The van der Waals surface area contributed by atoms with E-state index in [1.54, 1.807) is 18.3 Å². The lowest BCUT2D eigenvalue weighted by Gasteiger charge is -2.07. The van der Waals surface area contributed by atoms with E-state index in [0.29, 0.717) is 5.88 Å². The Balaban J connectivity index is 2.14. The second kappa shape index (κ2) is 6.86. The zero-order valence-corrected chi connectivity index (χ0v) is 12.3. The lowest BCUT2D eigenvalue weighted by atomic mass is 10.1. The number of halogens is 1. The quantitative estimate of drug-likeness (QED) is 0.674. The molecular weight excluding hydrogens is 310 g/mol. The molecule has 0 aliphatic rings. The Morgan fingerprint density at radius 1 is 1.41 bits per heavy atom. The number of nitrogens with zero attached hydrogens (tertiary/aromatic N) is 2. The van der Waals surface area contributed by atoms with Crippen molar-refractivity contribution in [3.05, 3.63) is 62.8 Å². The van der Waals surface area contributed by atoms with E-state index in [1.165, 1.54) is 19.2 Å². The first-order valence-electron chi connectivity index (χ1n) is 6.22. The SMILES string of the molecule is COc1cc(CNC(=O)c2ccc(Cl)cc2[N+](=O)[O-])ccn1. The Morgan fingerprint density at radius 3 is 2.86 bits per heavy atom. The van der Waals surface area contributed by atoms with Gasteiger partial charge < -0.3 is 10.1 Å². The monoisotopic (exact) mass is 321 g/mol. The molecule has 0 saturated carbocycles. The van der Waals surface area contributed by atoms with Gasteiger partial charge >= 0.3 is 0 Å². The molecule has 0 unspecified atom stereocenters. The van der Waals surface area contributed by atoms with Crippen molar-refractivity contribution < 1.29 is 14.5 Å². The summed E-state index contributed by atoms with van der Waals surface area (Å²) in [5.41, 5.74) is 0.379. The van der Waals surface area contributed by atoms with Gasteiger partial charge in [0.2, 0.25) is 5.88 Å². The molecule has 0 bridgehead atoms. The summed E-state index contributed by atoms with van der Waals surface area (Å²) in [6.07, 6.45) is 1.55. The van der Waals surface area contributed by atoms with Crippen molar-refractivity contribution >= 4 is 23.2 Å². The van der Waals surface area contributed by atoms with Crippen LogP contribution in [0.5, 0.6) is 5.88 Å². The van der Waals surface area contributed by atoms with E-state index in [0.717, 1.165) is 11.6 Å². The van der Waals surface area contributed by atoms with Gasteiger partial charge in [0.15, 0.2) is 0 Å². The van der Waals surface area contributed by atoms with Crippen LogP contribution in [0, 0.1) is 10.1 Å². The van der Waals surface area contributed by atoms with E-state index in [-0.39, 0.29) is 22.8 Å². The second-order valence-electron chi connectivity index (χ2n) is 4.31. The standard InChI is InChI=1S/C14H12ClN3O4/c1-22-13-6-9(4-5-16-13)8-17-14(19)11-3-2-10(15)7-12(11)18(20)21/h2-7H,8H2,1H3,(H,17,19). The number of carbonyl (C=O) groups is 1. The number of rotatable bonds is 5. The third-order valence-corrected chi connectivity index (χ3v) is 3.10. The molecule has 0 fully saturated rings. The van der Waals surface area contributed by atoms with Crippen LogP contribution in [0.25, 0.3) is 0 Å². The smallest absolute Gasteiger partial charge is 0.283 e. The number of pyridine rings is 1. The van der Waals surface area contributed by atoms with Crippen LogP contribution in [0.3, 0.4) is 0 Å². The minimum Gasteiger partial charge on any atom is -0.481 e. The Bertz CT molecular complexity index is 721. The van der Waals surface area contributed by atoms with Gasteiger partial charge in [0.05, 0.1) is 12.0 Å². The van der Waals surface area contributed by atoms with Crippen molar-refractivity contribution in [3.63, 3.8) is 0 Å². The largest absolute Gasteiger partial charge is 0.481 e. The fraction of sp³-hybridized carbons (Fsp3) is 0.143. The number of methoxy groups -OCH3 is 1. The molecule has 0 aliphatic carbocycles. The highest BCUT2D eigenvalue weighted by atomic mass is 35.5. The zero-order valence-electron chi connectivity index (χ0n) is 11.6. The highest BCUT2D eigenvalue weighted by Gasteiger charge is 2.20. The van der Waals surface area contributed by atoms with Crippen molar-refractivity contribution in [2.75, 3.05) is 7.11 Å². The Hall–Kier alpha value is -2.67. The predicted molar refractivity (Wildman–Crippen MR) is 80.1 cm³/mol. The maximum absolute atomic E-state index is 12.1. The fourth-order valence-corrected chi connectivity index (χ4v) is 1.96. The Kier molecular flexibility index (Phi) is 4.90. The molecule has 114 valence electrons. The summed E-state index contributed by atoms with van der Waals surface area (Å²) in [7, 11) is 1.49. The van der Waals surface area contributed by atoms with Crippen molar-refractivity contribution in [2.24, 2.45) is 0 Å². The highest BCUT2D eigenvalue weighted by molar-refractivity contribution is 6.31. The molecule has 0 spiro atoms. The van der Waals surface area contributed by atoms with E-state index in [1.807, 2.05) is 0 Å². The third kappa shape index (κ3) is 3.70. The van der Waals surface area contributed by atoms with Gasteiger partial charge in [-0.1, -0.05) is 11.6 Å². The molecular formula is C14H12ClN3O4. The Labute approximate surface area is 131 Å². The molecule has 0 saturated heterocycles. The van der Waals surface area contributed by atoms with Gasteiger partial charge in [0.1, 0.15) is 5.56 Å². The molecule has 1 amide bonds. The van der Waals surface area contributed by atoms with Gasteiger partial charge in [-0.15, -0.1) is 0 Å². The zero-order chi connectivity index (χ0) is 16.1. The average molecular weight is 322 g/mol. The molecule has 2 rings (SSSR count). The normalized spacial score (nSPS) is 10.1. The van der Waals surface area contributed by atoms with Crippen LogP contribution in [0.15, 0.2) is 36.5 Å². The molecule has 1 N–H and O–H groups in total. The molecule has 8 heteroatoms. The molecule has 7 nitrogen and oxygen atoms in total. The number of nitrogens with one attached hydrogen (secondary N) is 1. The number of nitro groups is 1. The summed E-state index contributed by atoms with van der Waals surface area (Å²) in [5.74, 6) is -0.136. The summed E-state index contributed by atoms with van der Waals surface area (Å²) >= 11 is 5.71. The molecule has 22 heavy (non-hydrogen) atoms. The fourth-order valence-electron chi connectivity index (χ4n) is 1.80. The first-order valence-corrected chi connectivity index (χ1v) is 6.60. The number of aromatic nitrogens is 1. The van der Waals surface area contributed by atoms with E-state index in [9.17, 15) is 14.9 Å².